The fourth-order valence-corrected chi connectivity index (χ4v) is 10.5. The third-order valence-electron chi connectivity index (χ3n) is 14.5. The van der Waals surface area contributed by atoms with E-state index >= 15 is 0 Å². The van der Waals surface area contributed by atoms with Crippen LogP contribution in [0, 0.1) is 5.92 Å². The molecular formula is C47H59N9O6. The molecule has 2 atom stereocenters. The Morgan fingerprint density at radius 3 is 2.37 bits per heavy atom. The maximum atomic E-state index is 13.4. The van der Waals surface area contributed by atoms with Gasteiger partial charge in [-0.25, -0.2) is 9.97 Å². The summed E-state index contributed by atoms with van der Waals surface area (Å²) in [6.07, 6.45) is 11.0. The van der Waals surface area contributed by atoms with Crippen molar-refractivity contribution in [1.82, 2.24) is 35.3 Å². The van der Waals surface area contributed by atoms with Crippen LogP contribution < -0.4 is 24.6 Å². The number of nitrogens with zero attached hydrogens (tertiary/aromatic N) is 7. The van der Waals surface area contributed by atoms with E-state index in [0.29, 0.717) is 23.7 Å². The molecule has 2 aromatic carbocycles. The van der Waals surface area contributed by atoms with E-state index in [9.17, 15) is 14.4 Å². The van der Waals surface area contributed by atoms with Crippen LogP contribution >= 0.6 is 0 Å². The third-order valence-corrected chi connectivity index (χ3v) is 14.5. The van der Waals surface area contributed by atoms with Gasteiger partial charge in [-0.2, -0.15) is 5.10 Å². The molecule has 328 valence electrons. The van der Waals surface area contributed by atoms with Gasteiger partial charge in [-0.3, -0.25) is 29.7 Å². The van der Waals surface area contributed by atoms with Gasteiger partial charge in [-0.1, -0.05) is 0 Å². The summed E-state index contributed by atoms with van der Waals surface area (Å²) in [5.41, 5.74) is 4.94. The highest BCUT2D eigenvalue weighted by Crippen LogP contribution is 2.43. The lowest BCUT2D eigenvalue weighted by molar-refractivity contribution is -0.136. The molecular weight excluding hydrogens is 787 g/mol. The molecule has 0 spiro atoms. The second-order valence-corrected chi connectivity index (χ2v) is 19.3. The Morgan fingerprint density at radius 1 is 0.855 bits per heavy atom. The highest BCUT2D eigenvalue weighted by Gasteiger charge is 2.43. The summed E-state index contributed by atoms with van der Waals surface area (Å²) in [5, 5.41) is 11.2. The maximum absolute atomic E-state index is 13.4. The molecule has 3 amide bonds. The van der Waals surface area contributed by atoms with Crippen molar-refractivity contribution < 1.29 is 28.6 Å². The van der Waals surface area contributed by atoms with Gasteiger partial charge in [0.15, 0.2) is 0 Å². The Kier molecular flexibility index (Phi) is 10.6. The van der Waals surface area contributed by atoms with Crippen LogP contribution in [0.15, 0.2) is 42.7 Å². The molecule has 15 nitrogen and oxygen atoms in total. The van der Waals surface area contributed by atoms with Crippen LogP contribution in [-0.4, -0.2) is 123 Å². The highest BCUT2D eigenvalue weighted by atomic mass is 16.5. The van der Waals surface area contributed by atoms with Gasteiger partial charge in [0.05, 0.1) is 42.8 Å². The Bertz CT molecular complexity index is 2360. The minimum atomic E-state index is -0.656. The Labute approximate surface area is 362 Å². The molecule has 4 aromatic rings. The molecule has 6 aliphatic rings. The number of H-pyrrole nitrogens is 1. The van der Waals surface area contributed by atoms with Crippen molar-refractivity contribution in [1.29, 1.82) is 0 Å². The first kappa shape index (κ1) is 40.8. The van der Waals surface area contributed by atoms with Gasteiger partial charge in [0, 0.05) is 73.8 Å². The van der Waals surface area contributed by atoms with Gasteiger partial charge in [0.2, 0.25) is 11.8 Å². The summed E-state index contributed by atoms with van der Waals surface area (Å²) in [5.74, 6) is 2.25. The minimum Gasteiger partial charge on any atom is -0.494 e. The van der Waals surface area contributed by atoms with Gasteiger partial charge in [0.25, 0.3) is 5.91 Å². The predicted molar refractivity (Wildman–Crippen MR) is 234 cm³/mol. The molecule has 1 saturated carbocycles. The zero-order valence-electron chi connectivity index (χ0n) is 36.5. The summed E-state index contributed by atoms with van der Waals surface area (Å²) in [6, 6.07) is 11.4. The molecule has 62 heavy (non-hydrogen) atoms. The number of imide groups is 1. The molecule has 4 saturated heterocycles. The van der Waals surface area contributed by atoms with Gasteiger partial charge in [-0.15, -0.1) is 0 Å². The molecule has 5 fully saturated rings. The number of aromatic nitrogens is 4. The second kappa shape index (κ2) is 16.1. The SMILES string of the molecule is COc1c(N2CCC(O[C@@H]3CCN(CC4CCN(c5cc(-c6n[nH]c7ccc(OC8(C)CC8)cc67)ncn5)CC4)C(C)(C)C3)CC2)ccc2c1CN(C1CCC(=O)NC1=O)C2=O. The van der Waals surface area contributed by atoms with E-state index in [1.54, 1.807) is 18.3 Å². The number of nitrogens with one attached hydrogen (secondary N) is 2. The van der Waals surface area contributed by atoms with Crippen molar-refractivity contribution in [2.75, 3.05) is 56.2 Å². The molecule has 2 aromatic heterocycles. The van der Waals surface area contributed by atoms with E-state index < -0.39 is 11.9 Å². The lowest BCUT2D eigenvalue weighted by Crippen LogP contribution is -2.54. The van der Waals surface area contributed by atoms with Crippen LogP contribution in [0.1, 0.15) is 101 Å². The van der Waals surface area contributed by atoms with Gasteiger partial charge in [-0.05, 0) is 115 Å². The van der Waals surface area contributed by atoms with E-state index in [4.69, 9.17) is 19.2 Å². The standard InChI is InChI=1S/C47H59N9O6/c1-46(2)25-32(61-30-13-20-53(21-14-30)38-8-6-33-35(43(38)60-4)27-56(45(33)59)39-9-10-41(57)50-44(39)58)15-22-55(46)26-29-11-18-54(19-12-29)40-24-37(48-28-49-40)42-34-23-31(62-47(3)16-17-47)5-7-36(34)51-52-42/h5-8,23-24,28-30,32,39H,9-22,25-27H2,1-4H3,(H,51,52)(H,50,57,58)/t32-,39?/m1/s1. The molecule has 10 rings (SSSR count). The summed E-state index contributed by atoms with van der Waals surface area (Å²) in [7, 11) is 1.64. The van der Waals surface area contributed by atoms with Crippen LogP contribution in [-0.2, 0) is 20.9 Å². The number of amides is 3. The molecule has 1 aliphatic carbocycles. The van der Waals surface area contributed by atoms with Crippen LogP contribution in [0.2, 0.25) is 0 Å². The normalized spacial score (nSPS) is 24.4. The first-order chi connectivity index (χ1) is 29.9. The Hall–Kier alpha value is -5.28. The summed E-state index contributed by atoms with van der Waals surface area (Å²) >= 11 is 0. The molecule has 0 radical (unpaired) electrons. The van der Waals surface area contributed by atoms with Crippen LogP contribution in [0.4, 0.5) is 11.5 Å². The fourth-order valence-electron chi connectivity index (χ4n) is 10.5. The average Bonchev–Trinajstić information content (AvgIpc) is 3.68. The number of hydrogen-bond donors (Lipinski definition) is 2. The summed E-state index contributed by atoms with van der Waals surface area (Å²) < 4.78 is 19.1. The first-order valence-corrected chi connectivity index (χ1v) is 22.7. The number of hydrogen-bond acceptors (Lipinski definition) is 12. The number of anilines is 2. The molecule has 7 heterocycles. The lowest BCUT2D eigenvalue weighted by Gasteiger charge is -2.48. The van der Waals surface area contributed by atoms with Crippen LogP contribution in [0.25, 0.3) is 22.3 Å². The van der Waals surface area contributed by atoms with E-state index in [0.717, 1.165) is 136 Å². The zero-order chi connectivity index (χ0) is 42.8. The minimum absolute atomic E-state index is 0.0459. The van der Waals surface area contributed by atoms with Crippen molar-refractivity contribution >= 4 is 40.1 Å². The zero-order valence-corrected chi connectivity index (χ0v) is 36.5. The number of carbonyl (C=O) groups is 3. The van der Waals surface area contributed by atoms with Gasteiger partial charge < -0.3 is 28.9 Å². The van der Waals surface area contributed by atoms with E-state index in [1.807, 2.05) is 24.3 Å². The molecule has 1 unspecified atom stereocenters. The molecule has 15 heteroatoms. The largest absolute Gasteiger partial charge is 0.494 e. The third kappa shape index (κ3) is 7.97. The van der Waals surface area contributed by atoms with E-state index in [-0.39, 0.29) is 48.1 Å². The van der Waals surface area contributed by atoms with E-state index in [1.165, 1.54) is 0 Å². The Balaban J connectivity index is 0.699. The highest BCUT2D eigenvalue weighted by molar-refractivity contribution is 6.06. The van der Waals surface area contributed by atoms with Gasteiger partial charge in [0.1, 0.15) is 41.0 Å². The number of likely N-dealkylation sites (tertiary alicyclic amines) is 1. The number of aromatic amines is 1. The number of methoxy groups -OCH3 is 1. The molecule has 0 bridgehead atoms. The van der Waals surface area contributed by atoms with Crippen molar-refractivity contribution in [3.8, 4) is 22.9 Å². The van der Waals surface area contributed by atoms with Crippen molar-refractivity contribution in [3.05, 3.63) is 53.9 Å². The number of ether oxygens (including phenoxy) is 3. The number of benzene rings is 2. The topological polar surface area (TPSA) is 158 Å². The summed E-state index contributed by atoms with van der Waals surface area (Å²) in [4.78, 5) is 56.1. The molecule has 5 aliphatic heterocycles. The predicted octanol–water partition coefficient (Wildman–Crippen LogP) is 5.87. The van der Waals surface area contributed by atoms with Crippen molar-refractivity contribution in [2.24, 2.45) is 5.92 Å². The summed E-state index contributed by atoms with van der Waals surface area (Å²) in [6.45, 7) is 12.9. The number of piperidine rings is 4. The second-order valence-electron chi connectivity index (χ2n) is 19.3. The smallest absolute Gasteiger partial charge is 0.255 e. The van der Waals surface area contributed by atoms with Crippen LogP contribution in [0.5, 0.6) is 11.5 Å². The van der Waals surface area contributed by atoms with Crippen molar-refractivity contribution in [3.63, 3.8) is 0 Å². The quantitative estimate of drug-likeness (QED) is 0.174. The average molecular weight is 846 g/mol. The first-order valence-electron chi connectivity index (χ1n) is 22.7. The Morgan fingerprint density at radius 2 is 1.63 bits per heavy atom. The van der Waals surface area contributed by atoms with Gasteiger partial charge >= 0.3 is 0 Å². The van der Waals surface area contributed by atoms with E-state index in [2.05, 4.69) is 68.1 Å². The monoisotopic (exact) mass is 845 g/mol. The fraction of sp³-hybridized carbons (Fsp3) is 0.574. The molecule has 2 N–H and O–H groups in total. The number of rotatable bonds is 11. The maximum Gasteiger partial charge on any atom is 0.255 e. The van der Waals surface area contributed by atoms with Crippen LogP contribution in [0.3, 0.4) is 0 Å². The lowest BCUT2D eigenvalue weighted by atomic mass is 9.85. The number of fused-ring (bicyclic) bond motifs is 2. The number of carbonyl (C=O) groups excluding carboxylic acids is 3. The van der Waals surface area contributed by atoms with Crippen molar-refractivity contribution in [2.45, 2.75) is 121 Å².